The topological polar surface area (TPSA) is 61.8 Å². The Morgan fingerprint density at radius 3 is 2.67 bits per heavy atom. The molecule has 0 unspecified atom stereocenters. The molecular weight excluding hydrogens is 220 g/mol. The van der Waals surface area contributed by atoms with Crippen LogP contribution >= 0.6 is 11.8 Å². The molecule has 0 aromatic rings. The first-order valence-corrected chi connectivity index (χ1v) is 5.68. The molecule has 0 aliphatic carbocycles. The van der Waals surface area contributed by atoms with E-state index < -0.39 is 23.7 Å². The maximum absolute atomic E-state index is 11.4. The number of ether oxygens (including phenoxy) is 3. The van der Waals surface area contributed by atoms with Crippen molar-refractivity contribution in [3.63, 3.8) is 0 Å². The van der Waals surface area contributed by atoms with E-state index in [-0.39, 0.29) is 6.10 Å². The number of thioether (sulfide) groups is 1. The van der Waals surface area contributed by atoms with Crippen molar-refractivity contribution in [2.75, 3.05) is 5.75 Å². The zero-order valence-corrected chi connectivity index (χ0v) is 9.71. The third-order valence-corrected chi connectivity index (χ3v) is 2.57. The molecular formula is C9H14O5S. The summed E-state index contributed by atoms with van der Waals surface area (Å²) in [5.41, 5.74) is -0.684. The van der Waals surface area contributed by atoms with Gasteiger partial charge in [0.25, 0.3) is 0 Å². The smallest absolute Gasteiger partial charge is 0.346 e. The van der Waals surface area contributed by atoms with Crippen molar-refractivity contribution in [1.82, 2.24) is 0 Å². The van der Waals surface area contributed by atoms with E-state index in [0.717, 1.165) is 0 Å². The zero-order chi connectivity index (χ0) is 11.4. The van der Waals surface area contributed by atoms with Gasteiger partial charge in [0.1, 0.15) is 0 Å². The molecule has 0 aromatic heterocycles. The highest BCUT2D eigenvalue weighted by molar-refractivity contribution is 8.00. The molecule has 1 heterocycles. The van der Waals surface area contributed by atoms with Gasteiger partial charge in [0, 0.05) is 6.92 Å². The van der Waals surface area contributed by atoms with E-state index in [0.29, 0.717) is 5.75 Å². The largest absolute Gasteiger partial charge is 0.460 e. The molecule has 5 nitrogen and oxygen atoms in total. The SMILES string of the molecule is CC(=O)O[C@H]1CS[C@H](C(=O)OC(C)C)O1. The molecule has 0 aromatic carbocycles. The quantitative estimate of drug-likeness (QED) is 0.677. The lowest BCUT2D eigenvalue weighted by Crippen LogP contribution is -2.26. The molecule has 0 saturated carbocycles. The van der Waals surface area contributed by atoms with E-state index in [9.17, 15) is 9.59 Å². The van der Waals surface area contributed by atoms with Gasteiger partial charge in [-0.25, -0.2) is 4.79 Å². The summed E-state index contributed by atoms with van der Waals surface area (Å²) in [4.78, 5) is 22.0. The molecule has 0 radical (unpaired) electrons. The molecule has 86 valence electrons. The summed E-state index contributed by atoms with van der Waals surface area (Å²) >= 11 is 1.27. The number of esters is 2. The van der Waals surface area contributed by atoms with Crippen molar-refractivity contribution < 1.29 is 23.8 Å². The standard InChI is InChI=1S/C9H14O5S/c1-5(2)12-8(11)9-14-7(4-15-9)13-6(3)10/h5,7,9H,4H2,1-3H3/t7-,9-/m1/s1. The molecule has 1 fully saturated rings. The molecule has 1 saturated heterocycles. The fraction of sp³-hybridized carbons (Fsp3) is 0.778. The summed E-state index contributed by atoms with van der Waals surface area (Å²) in [7, 11) is 0. The lowest BCUT2D eigenvalue weighted by Gasteiger charge is -2.13. The van der Waals surface area contributed by atoms with Crippen molar-refractivity contribution in [3.05, 3.63) is 0 Å². The van der Waals surface area contributed by atoms with Crippen LogP contribution in [0.2, 0.25) is 0 Å². The minimum Gasteiger partial charge on any atom is -0.460 e. The minimum atomic E-state index is -0.684. The second-order valence-corrected chi connectivity index (χ2v) is 4.42. The van der Waals surface area contributed by atoms with Gasteiger partial charge in [-0.15, -0.1) is 11.8 Å². The Morgan fingerprint density at radius 1 is 1.47 bits per heavy atom. The van der Waals surface area contributed by atoms with Gasteiger partial charge in [-0.05, 0) is 13.8 Å². The molecule has 0 amide bonds. The van der Waals surface area contributed by atoms with E-state index >= 15 is 0 Å². The van der Waals surface area contributed by atoms with E-state index in [2.05, 4.69) is 0 Å². The van der Waals surface area contributed by atoms with Crippen molar-refractivity contribution in [2.45, 2.75) is 38.6 Å². The van der Waals surface area contributed by atoms with E-state index in [1.165, 1.54) is 18.7 Å². The third kappa shape index (κ3) is 4.09. The number of hydrogen-bond donors (Lipinski definition) is 0. The summed E-state index contributed by atoms with van der Waals surface area (Å²) < 4.78 is 14.9. The predicted molar refractivity (Wildman–Crippen MR) is 54.1 cm³/mol. The number of hydrogen-bond acceptors (Lipinski definition) is 6. The van der Waals surface area contributed by atoms with Gasteiger partial charge in [0.05, 0.1) is 11.9 Å². The molecule has 1 aliphatic rings. The molecule has 6 heteroatoms. The van der Waals surface area contributed by atoms with Crippen molar-refractivity contribution >= 4 is 23.7 Å². The highest BCUT2D eigenvalue weighted by Crippen LogP contribution is 2.27. The Bertz CT molecular complexity index is 253. The Balaban J connectivity index is 2.35. The number of rotatable bonds is 3. The molecule has 1 rings (SSSR count). The first-order chi connectivity index (χ1) is 6.99. The van der Waals surface area contributed by atoms with Gasteiger partial charge < -0.3 is 14.2 Å². The molecule has 0 bridgehead atoms. The Morgan fingerprint density at radius 2 is 2.13 bits per heavy atom. The lowest BCUT2D eigenvalue weighted by atomic mass is 10.5. The Labute approximate surface area is 92.4 Å². The summed E-state index contributed by atoms with van der Waals surface area (Å²) in [6.07, 6.45) is -0.813. The fourth-order valence-corrected chi connectivity index (χ4v) is 1.91. The van der Waals surface area contributed by atoms with Crippen LogP contribution < -0.4 is 0 Å². The summed E-state index contributed by atoms with van der Waals surface area (Å²) in [6.45, 7) is 4.83. The van der Waals surface area contributed by atoms with Crippen LogP contribution in [0, 0.1) is 0 Å². The maximum atomic E-state index is 11.4. The number of carbonyl (C=O) groups excluding carboxylic acids is 2. The van der Waals surface area contributed by atoms with E-state index in [1.54, 1.807) is 13.8 Å². The fourth-order valence-electron chi connectivity index (χ4n) is 1.04. The first kappa shape index (κ1) is 12.3. The normalized spacial score (nSPS) is 25.3. The van der Waals surface area contributed by atoms with Crippen LogP contribution in [0.4, 0.5) is 0 Å². The van der Waals surface area contributed by atoms with Crippen LogP contribution in [-0.2, 0) is 23.8 Å². The van der Waals surface area contributed by atoms with Gasteiger partial charge in [-0.2, -0.15) is 0 Å². The van der Waals surface area contributed by atoms with Crippen LogP contribution in [0.15, 0.2) is 0 Å². The van der Waals surface area contributed by atoms with Gasteiger partial charge in [0.2, 0.25) is 11.7 Å². The monoisotopic (exact) mass is 234 g/mol. The van der Waals surface area contributed by atoms with Crippen molar-refractivity contribution in [1.29, 1.82) is 0 Å². The summed E-state index contributed by atoms with van der Waals surface area (Å²) in [5.74, 6) is -0.389. The molecule has 2 atom stereocenters. The average molecular weight is 234 g/mol. The predicted octanol–water partition coefficient (Wildman–Crippen LogP) is 0.917. The van der Waals surface area contributed by atoms with Gasteiger partial charge in [-0.3, -0.25) is 4.79 Å². The Hall–Kier alpha value is -0.750. The highest BCUT2D eigenvalue weighted by Gasteiger charge is 2.34. The van der Waals surface area contributed by atoms with Crippen molar-refractivity contribution in [3.8, 4) is 0 Å². The van der Waals surface area contributed by atoms with Crippen LogP contribution in [0.1, 0.15) is 20.8 Å². The Kier molecular flexibility index (Phi) is 4.41. The van der Waals surface area contributed by atoms with Gasteiger partial charge >= 0.3 is 11.9 Å². The third-order valence-electron chi connectivity index (χ3n) is 1.50. The lowest BCUT2D eigenvalue weighted by molar-refractivity contribution is -0.181. The van der Waals surface area contributed by atoms with Crippen LogP contribution in [0.3, 0.4) is 0 Å². The highest BCUT2D eigenvalue weighted by atomic mass is 32.2. The molecule has 0 N–H and O–H groups in total. The number of carbonyl (C=O) groups is 2. The van der Waals surface area contributed by atoms with Crippen LogP contribution in [0.25, 0.3) is 0 Å². The van der Waals surface area contributed by atoms with Gasteiger partial charge in [-0.1, -0.05) is 0 Å². The average Bonchev–Trinajstić information content (AvgIpc) is 2.50. The second-order valence-electron chi connectivity index (χ2n) is 3.33. The zero-order valence-electron chi connectivity index (χ0n) is 8.89. The summed E-state index contributed by atoms with van der Waals surface area (Å²) in [6, 6.07) is 0. The van der Waals surface area contributed by atoms with E-state index in [4.69, 9.17) is 14.2 Å². The maximum Gasteiger partial charge on any atom is 0.346 e. The summed E-state index contributed by atoms with van der Waals surface area (Å²) in [5, 5.41) is 0. The van der Waals surface area contributed by atoms with Crippen LogP contribution in [-0.4, -0.2) is 35.5 Å². The van der Waals surface area contributed by atoms with E-state index in [1.807, 2.05) is 0 Å². The molecule has 1 aliphatic heterocycles. The van der Waals surface area contributed by atoms with Crippen LogP contribution in [0.5, 0.6) is 0 Å². The van der Waals surface area contributed by atoms with Gasteiger partial charge in [0.15, 0.2) is 0 Å². The molecule has 15 heavy (non-hydrogen) atoms. The molecule has 0 spiro atoms. The first-order valence-electron chi connectivity index (χ1n) is 4.64. The second kappa shape index (κ2) is 5.37. The van der Waals surface area contributed by atoms with Crippen molar-refractivity contribution in [2.24, 2.45) is 0 Å². The minimum absolute atomic E-state index is 0.172.